The van der Waals surface area contributed by atoms with Gasteiger partial charge in [-0.05, 0) is 24.0 Å². The van der Waals surface area contributed by atoms with Gasteiger partial charge in [0.1, 0.15) is 11.7 Å². The largest absolute Gasteiger partial charge is 0.480 e. The average molecular weight is 321 g/mol. The molecular formula is C15H19N3O5. The molecule has 0 aliphatic carbocycles. The number of nitrogens with zero attached hydrogens (tertiary/aromatic N) is 1. The van der Waals surface area contributed by atoms with Gasteiger partial charge in [0.2, 0.25) is 5.91 Å². The molecule has 0 aromatic heterocycles. The van der Waals surface area contributed by atoms with Crippen LogP contribution in [0, 0.1) is 16.0 Å². The summed E-state index contributed by atoms with van der Waals surface area (Å²) >= 11 is 0. The maximum absolute atomic E-state index is 11.5. The zero-order valence-electron chi connectivity index (χ0n) is 13.0. The highest BCUT2D eigenvalue weighted by Crippen LogP contribution is 2.35. The zero-order chi connectivity index (χ0) is 17.1. The third-order valence-corrected chi connectivity index (χ3v) is 4.10. The van der Waals surface area contributed by atoms with E-state index < -0.39 is 16.9 Å². The van der Waals surface area contributed by atoms with E-state index in [0.29, 0.717) is 24.1 Å². The van der Waals surface area contributed by atoms with Gasteiger partial charge < -0.3 is 15.7 Å². The lowest BCUT2D eigenvalue weighted by atomic mass is 9.97. The van der Waals surface area contributed by atoms with Crippen LogP contribution in [0.3, 0.4) is 0 Å². The lowest BCUT2D eigenvalue weighted by molar-refractivity contribution is -0.384. The van der Waals surface area contributed by atoms with E-state index >= 15 is 0 Å². The van der Waals surface area contributed by atoms with Crippen LogP contribution >= 0.6 is 0 Å². The lowest BCUT2D eigenvalue weighted by Gasteiger charge is -2.23. The number of amides is 1. The minimum absolute atomic E-state index is 0.101. The van der Waals surface area contributed by atoms with Gasteiger partial charge in [0.15, 0.2) is 0 Å². The average Bonchev–Trinajstić information content (AvgIpc) is 2.50. The molecule has 2 atom stereocenters. The smallest absolute Gasteiger partial charge is 0.326 e. The molecule has 0 unspecified atom stereocenters. The fourth-order valence-electron chi connectivity index (χ4n) is 2.53. The van der Waals surface area contributed by atoms with Crippen molar-refractivity contribution >= 4 is 28.9 Å². The van der Waals surface area contributed by atoms with E-state index in [9.17, 15) is 24.8 Å². The number of nitro groups is 1. The first-order valence-corrected chi connectivity index (χ1v) is 7.44. The summed E-state index contributed by atoms with van der Waals surface area (Å²) in [6, 6.07) is 1.89. The van der Waals surface area contributed by atoms with Gasteiger partial charge in [-0.15, -0.1) is 0 Å². The quantitative estimate of drug-likeness (QED) is 0.546. The van der Waals surface area contributed by atoms with Crippen molar-refractivity contribution in [1.82, 2.24) is 0 Å². The van der Waals surface area contributed by atoms with Crippen LogP contribution in [0.25, 0.3) is 0 Å². The van der Waals surface area contributed by atoms with Crippen LogP contribution in [0.5, 0.6) is 0 Å². The molecule has 8 heteroatoms. The number of carbonyl (C=O) groups is 2. The summed E-state index contributed by atoms with van der Waals surface area (Å²) in [4.78, 5) is 33.7. The van der Waals surface area contributed by atoms with Gasteiger partial charge in [-0.1, -0.05) is 20.3 Å². The van der Waals surface area contributed by atoms with Crippen LogP contribution in [-0.4, -0.2) is 27.9 Å². The molecule has 0 fully saturated rings. The lowest BCUT2D eigenvalue weighted by Crippen LogP contribution is -2.35. The predicted molar refractivity (Wildman–Crippen MR) is 84.5 cm³/mol. The van der Waals surface area contributed by atoms with E-state index in [2.05, 4.69) is 10.6 Å². The Kier molecular flexibility index (Phi) is 4.83. The second kappa shape index (κ2) is 6.64. The highest BCUT2D eigenvalue weighted by atomic mass is 16.6. The number of aryl methyl sites for hydroxylation is 1. The number of hydrogen-bond acceptors (Lipinski definition) is 5. The van der Waals surface area contributed by atoms with Crippen molar-refractivity contribution in [2.24, 2.45) is 5.92 Å². The van der Waals surface area contributed by atoms with Gasteiger partial charge >= 0.3 is 5.97 Å². The van der Waals surface area contributed by atoms with Gasteiger partial charge in [-0.3, -0.25) is 14.9 Å². The summed E-state index contributed by atoms with van der Waals surface area (Å²) in [6.45, 7) is 3.61. The number of aliphatic carboxylic acids is 1. The number of nitrogens with one attached hydrogen (secondary N) is 2. The van der Waals surface area contributed by atoms with E-state index in [0.717, 1.165) is 0 Å². The Bertz CT molecular complexity index is 659. The highest BCUT2D eigenvalue weighted by Gasteiger charge is 2.28. The van der Waals surface area contributed by atoms with Gasteiger partial charge in [0, 0.05) is 18.2 Å². The van der Waals surface area contributed by atoms with Crippen molar-refractivity contribution in [2.75, 3.05) is 10.6 Å². The number of anilines is 2. The van der Waals surface area contributed by atoms with Crippen LogP contribution in [-0.2, 0) is 16.0 Å². The maximum atomic E-state index is 11.5. The summed E-state index contributed by atoms with van der Waals surface area (Å²) in [5, 5.41) is 26.1. The second-order valence-corrected chi connectivity index (χ2v) is 5.68. The molecule has 1 amide bonds. The van der Waals surface area contributed by atoms with Crippen LogP contribution in [0.15, 0.2) is 12.1 Å². The minimum Gasteiger partial charge on any atom is -0.480 e. The molecule has 0 spiro atoms. The molecule has 0 saturated carbocycles. The number of rotatable bonds is 6. The van der Waals surface area contributed by atoms with Gasteiger partial charge in [0.05, 0.1) is 4.92 Å². The molecule has 0 radical (unpaired) electrons. The fraction of sp³-hybridized carbons (Fsp3) is 0.467. The Labute approximate surface area is 133 Å². The van der Waals surface area contributed by atoms with E-state index in [-0.39, 0.29) is 29.6 Å². The molecule has 0 saturated heterocycles. The Hall–Kier alpha value is -2.64. The molecule has 124 valence electrons. The van der Waals surface area contributed by atoms with Crippen molar-refractivity contribution in [3.8, 4) is 0 Å². The molecule has 2 rings (SSSR count). The molecule has 1 heterocycles. The Balaban J connectivity index is 2.43. The summed E-state index contributed by atoms with van der Waals surface area (Å²) in [5.74, 6) is -1.44. The third kappa shape index (κ3) is 3.58. The predicted octanol–water partition coefficient (Wildman–Crippen LogP) is 2.39. The molecule has 1 aromatic rings. The number of carboxylic acid groups (broad SMARTS) is 1. The van der Waals surface area contributed by atoms with Gasteiger partial charge in [-0.25, -0.2) is 4.79 Å². The Morgan fingerprint density at radius 1 is 1.48 bits per heavy atom. The number of carboxylic acids is 1. The summed E-state index contributed by atoms with van der Waals surface area (Å²) < 4.78 is 0. The molecule has 3 N–H and O–H groups in total. The third-order valence-electron chi connectivity index (χ3n) is 4.10. The topological polar surface area (TPSA) is 122 Å². The first-order valence-electron chi connectivity index (χ1n) is 7.44. The summed E-state index contributed by atoms with van der Waals surface area (Å²) in [5.41, 5.74) is 1.08. The SMILES string of the molecule is CC[C@H](C)[C@H](Nc1cc2c(cc1[N+](=O)[O-])CCC(=O)N2)C(=O)O. The van der Waals surface area contributed by atoms with Crippen molar-refractivity contribution < 1.29 is 19.6 Å². The van der Waals surface area contributed by atoms with Crippen molar-refractivity contribution in [1.29, 1.82) is 0 Å². The zero-order valence-corrected chi connectivity index (χ0v) is 13.0. The molecule has 8 nitrogen and oxygen atoms in total. The van der Waals surface area contributed by atoms with E-state index in [1.807, 2.05) is 6.92 Å². The number of nitro benzene ring substituents is 1. The molecule has 1 aliphatic rings. The molecular weight excluding hydrogens is 302 g/mol. The van der Waals surface area contributed by atoms with Crippen LogP contribution < -0.4 is 10.6 Å². The number of hydrogen-bond donors (Lipinski definition) is 3. The van der Waals surface area contributed by atoms with Crippen LogP contribution in [0.2, 0.25) is 0 Å². The molecule has 1 aliphatic heterocycles. The Morgan fingerprint density at radius 3 is 2.74 bits per heavy atom. The first-order chi connectivity index (χ1) is 10.8. The number of fused-ring (bicyclic) bond motifs is 1. The van der Waals surface area contributed by atoms with Gasteiger partial charge in [-0.2, -0.15) is 0 Å². The maximum Gasteiger partial charge on any atom is 0.326 e. The van der Waals surface area contributed by atoms with Gasteiger partial charge in [0.25, 0.3) is 5.69 Å². The molecule has 23 heavy (non-hydrogen) atoms. The van der Waals surface area contributed by atoms with E-state index in [4.69, 9.17) is 0 Å². The fourth-order valence-corrected chi connectivity index (χ4v) is 2.53. The van der Waals surface area contributed by atoms with Crippen molar-refractivity contribution in [2.45, 2.75) is 39.2 Å². The first kappa shape index (κ1) is 16.7. The summed E-state index contributed by atoms with van der Waals surface area (Å²) in [6.07, 6.45) is 1.32. The normalized spacial score (nSPS) is 16.0. The van der Waals surface area contributed by atoms with Crippen LogP contribution in [0.1, 0.15) is 32.3 Å². The molecule has 1 aromatic carbocycles. The van der Waals surface area contributed by atoms with E-state index in [1.54, 1.807) is 6.92 Å². The Morgan fingerprint density at radius 2 is 2.17 bits per heavy atom. The van der Waals surface area contributed by atoms with E-state index in [1.165, 1.54) is 12.1 Å². The van der Waals surface area contributed by atoms with Crippen molar-refractivity contribution in [3.05, 3.63) is 27.8 Å². The minimum atomic E-state index is -1.07. The standard InChI is InChI=1S/C15H19N3O5/c1-3-8(2)14(15(20)21)17-11-7-10-9(4-5-13(19)16-10)6-12(11)18(22)23/h6-8,14,17H,3-5H2,1-2H3,(H,16,19)(H,20,21)/t8-,14-/m0/s1. The monoisotopic (exact) mass is 321 g/mol. The highest BCUT2D eigenvalue weighted by molar-refractivity contribution is 5.95. The number of carbonyl (C=O) groups excluding carboxylic acids is 1. The second-order valence-electron chi connectivity index (χ2n) is 5.68. The number of benzene rings is 1. The van der Waals surface area contributed by atoms with Crippen LogP contribution in [0.4, 0.5) is 17.1 Å². The molecule has 0 bridgehead atoms. The summed E-state index contributed by atoms with van der Waals surface area (Å²) in [7, 11) is 0. The van der Waals surface area contributed by atoms with Crippen molar-refractivity contribution in [3.63, 3.8) is 0 Å².